The molecule has 0 spiro atoms. The molecule has 9 heteroatoms. The average molecular weight is 342 g/mol. The van der Waals surface area contributed by atoms with E-state index in [9.17, 15) is 8.42 Å². The van der Waals surface area contributed by atoms with Crippen LogP contribution in [-0.4, -0.2) is 76.0 Å². The molecular formula is C14H26N6O2S. The van der Waals surface area contributed by atoms with Gasteiger partial charge in [-0.15, -0.1) is 0 Å². The van der Waals surface area contributed by atoms with Gasteiger partial charge in [0.05, 0.1) is 6.54 Å². The van der Waals surface area contributed by atoms with Crippen molar-refractivity contribution in [2.75, 3.05) is 39.3 Å². The van der Waals surface area contributed by atoms with Crippen molar-refractivity contribution < 1.29 is 8.42 Å². The number of rotatable bonds is 5. The third-order valence-corrected chi connectivity index (χ3v) is 6.66. The lowest BCUT2D eigenvalue weighted by Gasteiger charge is -2.26. The van der Waals surface area contributed by atoms with E-state index in [0.717, 1.165) is 51.3 Å². The molecule has 8 nitrogen and oxygen atoms in total. The molecule has 0 bridgehead atoms. The Bertz CT molecular complexity index is 611. The van der Waals surface area contributed by atoms with Crippen LogP contribution in [0.25, 0.3) is 0 Å². The van der Waals surface area contributed by atoms with E-state index >= 15 is 0 Å². The van der Waals surface area contributed by atoms with E-state index in [0.29, 0.717) is 26.2 Å². The zero-order valence-corrected chi connectivity index (χ0v) is 14.6. The maximum absolute atomic E-state index is 12.7. The van der Waals surface area contributed by atoms with Gasteiger partial charge < -0.3 is 0 Å². The molecule has 0 aliphatic carbocycles. The Morgan fingerprint density at radius 2 is 1.70 bits per heavy atom. The van der Waals surface area contributed by atoms with Gasteiger partial charge in [-0.3, -0.25) is 4.90 Å². The summed E-state index contributed by atoms with van der Waals surface area (Å²) in [5, 5.41) is 4.20. The minimum atomic E-state index is -3.28. The summed E-state index contributed by atoms with van der Waals surface area (Å²) in [6.45, 7) is 7.71. The molecule has 130 valence electrons. The summed E-state index contributed by atoms with van der Waals surface area (Å²) < 4.78 is 30.5. The summed E-state index contributed by atoms with van der Waals surface area (Å²) in [6, 6.07) is 0. The number of hydrogen-bond acceptors (Lipinski definition) is 5. The van der Waals surface area contributed by atoms with Gasteiger partial charge in [0.1, 0.15) is 12.2 Å². The maximum Gasteiger partial charge on any atom is 0.282 e. The van der Waals surface area contributed by atoms with Gasteiger partial charge in [-0.05, 0) is 32.7 Å². The lowest BCUT2D eigenvalue weighted by molar-refractivity contribution is 0.265. The zero-order valence-electron chi connectivity index (χ0n) is 13.8. The lowest BCUT2D eigenvalue weighted by atomic mass is 10.4. The van der Waals surface area contributed by atoms with E-state index in [-0.39, 0.29) is 0 Å². The number of nitrogens with zero attached hydrogens (tertiary/aromatic N) is 6. The van der Waals surface area contributed by atoms with Crippen molar-refractivity contribution in [1.82, 2.24) is 28.3 Å². The summed E-state index contributed by atoms with van der Waals surface area (Å²) in [4.78, 5) is 6.59. The monoisotopic (exact) mass is 342 g/mol. The Kier molecular flexibility index (Phi) is 5.30. The van der Waals surface area contributed by atoms with Crippen LogP contribution in [0.3, 0.4) is 0 Å². The second-order valence-electron chi connectivity index (χ2n) is 6.13. The summed E-state index contributed by atoms with van der Waals surface area (Å²) in [5.41, 5.74) is 0. The molecule has 1 aromatic heterocycles. The van der Waals surface area contributed by atoms with Crippen molar-refractivity contribution in [3.05, 3.63) is 12.2 Å². The number of aromatic nitrogens is 3. The molecule has 2 saturated heterocycles. The van der Waals surface area contributed by atoms with Gasteiger partial charge in [-0.2, -0.15) is 22.1 Å². The standard InChI is InChI=1S/C14H26N6O2S/c1-2-20-14(15-13-16-20)12-17-6-5-9-19(11-10-17)23(21,22)18-7-3-4-8-18/h13H,2-12H2,1H3. The third-order valence-electron chi connectivity index (χ3n) is 4.63. The Labute approximate surface area is 138 Å². The van der Waals surface area contributed by atoms with Crippen LogP contribution in [0.2, 0.25) is 0 Å². The topological polar surface area (TPSA) is 74.6 Å². The van der Waals surface area contributed by atoms with E-state index < -0.39 is 10.2 Å². The van der Waals surface area contributed by atoms with Gasteiger partial charge in [-0.25, -0.2) is 9.67 Å². The predicted octanol–water partition coefficient (Wildman–Crippen LogP) is 0.146. The average Bonchev–Trinajstić information content (AvgIpc) is 3.16. The lowest BCUT2D eigenvalue weighted by Crippen LogP contribution is -2.44. The van der Waals surface area contributed by atoms with Crippen molar-refractivity contribution in [1.29, 1.82) is 0 Å². The molecule has 3 rings (SSSR count). The van der Waals surface area contributed by atoms with Crippen LogP contribution in [0.5, 0.6) is 0 Å². The molecule has 1 aromatic rings. The van der Waals surface area contributed by atoms with E-state index in [4.69, 9.17) is 0 Å². The maximum atomic E-state index is 12.7. The smallest absolute Gasteiger partial charge is 0.282 e. The zero-order chi connectivity index (χ0) is 16.3. The molecule has 2 aliphatic heterocycles. The highest BCUT2D eigenvalue weighted by molar-refractivity contribution is 7.86. The SMILES string of the molecule is CCn1ncnc1CN1CCCN(S(=O)(=O)N2CCCC2)CC1. The molecule has 2 aliphatic rings. The predicted molar refractivity (Wildman–Crippen MR) is 86.9 cm³/mol. The normalized spacial score (nSPS) is 22.5. The van der Waals surface area contributed by atoms with Crippen molar-refractivity contribution in [3.63, 3.8) is 0 Å². The van der Waals surface area contributed by atoms with Crippen molar-refractivity contribution >= 4 is 10.2 Å². The first-order valence-corrected chi connectivity index (χ1v) is 9.85. The number of aryl methyl sites for hydroxylation is 1. The summed E-state index contributed by atoms with van der Waals surface area (Å²) in [5.74, 6) is 0.948. The first-order chi connectivity index (χ1) is 11.1. The highest BCUT2D eigenvalue weighted by atomic mass is 32.2. The van der Waals surface area contributed by atoms with Crippen LogP contribution >= 0.6 is 0 Å². The van der Waals surface area contributed by atoms with E-state index in [2.05, 4.69) is 15.0 Å². The van der Waals surface area contributed by atoms with Crippen molar-refractivity contribution in [3.8, 4) is 0 Å². The fourth-order valence-corrected chi connectivity index (χ4v) is 5.01. The van der Waals surface area contributed by atoms with Crippen LogP contribution in [-0.2, 0) is 23.3 Å². The fraction of sp³-hybridized carbons (Fsp3) is 0.857. The highest BCUT2D eigenvalue weighted by Crippen LogP contribution is 2.18. The van der Waals surface area contributed by atoms with Crippen LogP contribution in [0.4, 0.5) is 0 Å². The van der Waals surface area contributed by atoms with E-state index in [1.54, 1.807) is 14.9 Å². The van der Waals surface area contributed by atoms with Gasteiger partial charge >= 0.3 is 0 Å². The molecule has 23 heavy (non-hydrogen) atoms. The summed E-state index contributed by atoms with van der Waals surface area (Å²) in [7, 11) is -3.28. The third kappa shape index (κ3) is 3.73. The van der Waals surface area contributed by atoms with Gasteiger partial charge in [0.15, 0.2) is 0 Å². The first kappa shape index (κ1) is 16.8. The van der Waals surface area contributed by atoms with Crippen LogP contribution in [0.15, 0.2) is 6.33 Å². The summed E-state index contributed by atoms with van der Waals surface area (Å²) >= 11 is 0. The van der Waals surface area contributed by atoms with E-state index in [1.165, 1.54) is 0 Å². The Balaban J connectivity index is 1.61. The molecule has 0 N–H and O–H groups in total. The number of hydrogen-bond donors (Lipinski definition) is 0. The molecule has 3 heterocycles. The second-order valence-corrected chi connectivity index (χ2v) is 8.06. The van der Waals surface area contributed by atoms with Crippen LogP contribution in [0, 0.1) is 0 Å². The fourth-order valence-electron chi connectivity index (χ4n) is 3.29. The molecular weight excluding hydrogens is 316 g/mol. The quantitative estimate of drug-likeness (QED) is 0.761. The molecule has 2 fully saturated rings. The van der Waals surface area contributed by atoms with Gasteiger partial charge in [0.25, 0.3) is 10.2 Å². The first-order valence-electron chi connectivity index (χ1n) is 8.45. The van der Waals surface area contributed by atoms with Gasteiger partial charge in [0.2, 0.25) is 0 Å². The molecule has 0 aromatic carbocycles. The Morgan fingerprint density at radius 3 is 2.43 bits per heavy atom. The molecule has 0 radical (unpaired) electrons. The minimum Gasteiger partial charge on any atom is -0.295 e. The molecule has 0 unspecified atom stereocenters. The summed E-state index contributed by atoms with van der Waals surface area (Å²) in [6.07, 6.45) is 4.39. The van der Waals surface area contributed by atoms with Crippen LogP contribution in [0.1, 0.15) is 32.0 Å². The Morgan fingerprint density at radius 1 is 1.00 bits per heavy atom. The Hall–Kier alpha value is -1.03. The molecule has 0 amide bonds. The van der Waals surface area contributed by atoms with Gasteiger partial charge in [0, 0.05) is 39.3 Å². The van der Waals surface area contributed by atoms with Crippen LogP contribution < -0.4 is 0 Å². The molecule has 0 saturated carbocycles. The van der Waals surface area contributed by atoms with Crippen molar-refractivity contribution in [2.24, 2.45) is 0 Å². The second kappa shape index (κ2) is 7.25. The van der Waals surface area contributed by atoms with E-state index in [1.807, 2.05) is 11.6 Å². The largest absolute Gasteiger partial charge is 0.295 e. The highest BCUT2D eigenvalue weighted by Gasteiger charge is 2.32. The van der Waals surface area contributed by atoms with Crippen molar-refractivity contribution in [2.45, 2.75) is 39.3 Å². The van der Waals surface area contributed by atoms with Gasteiger partial charge in [-0.1, -0.05) is 0 Å². The molecule has 0 atom stereocenters. The minimum absolute atomic E-state index is 0.555.